The minimum absolute atomic E-state index is 0. The molecule has 0 heterocycles. The largest absolute Gasteiger partial charge is 0.317 e. The average molecular weight is 382 g/mol. The SMILES string of the molecule is CCNCC.CCNCC.CCNCC.[Ti].c1ccc2[cH-]ccc2c1. The summed E-state index contributed by atoms with van der Waals surface area (Å²) in [6, 6.07) is 14.7. The number of benzene rings is 1. The van der Waals surface area contributed by atoms with Gasteiger partial charge < -0.3 is 16.0 Å². The van der Waals surface area contributed by atoms with Crippen molar-refractivity contribution in [3.8, 4) is 0 Å². The van der Waals surface area contributed by atoms with Crippen molar-refractivity contribution in [2.45, 2.75) is 41.5 Å². The van der Waals surface area contributed by atoms with Gasteiger partial charge in [0.25, 0.3) is 0 Å². The summed E-state index contributed by atoms with van der Waals surface area (Å²) in [6.45, 7) is 19.2. The second-order valence-electron chi connectivity index (χ2n) is 5.03. The third kappa shape index (κ3) is 21.4. The van der Waals surface area contributed by atoms with Crippen LogP contribution in [0.1, 0.15) is 41.5 Å². The van der Waals surface area contributed by atoms with Gasteiger partial charge in [-0.15, -0.1) is 29.7 Å². The van der Waals surface area contributed by atoms with E-state index in [1.807, 2.05) is 0 Å². The third-order valence-electron chi connectivity index (χ3n) is 3.05. The van der Waals surface area contributed by atoms with Crippen LogP contribution in [0.5, 0.6) is 0 Å². The molecule has 25 heavy (non-hydrogen) atoms. The van der Waals surface area contributed by atoms with Crippen LogP contribution in [0.3, 0.4) is 0 Å². The molecule has 0 saturated carbocycles. The van der Waals surface area contributed by atoms with Gasteiger partial charge >= 0.3 is 0 Å². The van der Waals surface area contributed by atoms with E-state index in [1.54, 1.807) is 0 Å². The molecule has 3 nitrogen and oxygen atoms in total. The smallest absolute Gasteiger partial charge is 0 e. The first kappa shape index (κ1) is 29.2. The Morgan fingerprint density at radius 2 is 1.04 bits per heavy atom. The number of fused-ring (bicyclic) bond motifs is 1. The van der Waals surface area contributed by atoms with E-state index < -0.39 is 0 Å². The normalized spacial score (nSPS) is 8.72. The molecule has 0 aliphatic heterocycles. The van der Waals surface area contributed by atoms with Gasteiger partial charge in [-0.3, -0.25) is 0 Å². The van der Waals surface area contributed by atoms with Gasteiger partial charge in [0.1, 0.15) is 0 Å². The predicted molar refractivity (Wildman–Crippen MR) is 112 cm³/mol. The van der Waals surface area contributed by atoms with Crippen molar-refractivity contribution in [3.05, 3.63) is 42.5 Å². The topological polar surface area (TPSA) is 36.1 Å². The van der Waals surface area contributed by atoms with Crippen LogP contribution in [0.15, 0.2) is 42.5 Å². The number of hydrogen-bond acceptors (Lipinski definition) is 3. The fourth-order valence-electron chi connectivity index (χ4n) is 1.82. The van der Waals surface area contributed by atoms with Crippen LogP contribution in [0.25, 0.3) is 10.8 Å². The fraction of sp³-hybridized carbons (Fsp3) is 0.571. The molecule has 2 aromatic rings. The molecule has 0 radical (unpaired) electrons. The molecule has 0 aliphatic rings. The molecule has 0 aromatic heterocycles. The molecule has 0 unspecified atom stereocenters. The minimum Gasteiger partial charge on any atom is -0.317 e. The molecule has 0 spiro atoms. The molecule has 144 valence electrons. The number of nitrogens with one attached hydrogen (secondary N) is 3. The molecule has 0 fully saturated rings. The van der Waals surface area contributed by atoms with E-state index in [1.165, 1.54) is 10.8 Å². The maximum Gasteiger partial charge on any atom is 0 e. The summed E-state index contributed by atoms with van der Waals surface area (Å²) in [5.74, 6) is 0. The van der Waals surface area contributed by atoms with E-state index in [4.69, 9.17) is 0 Å². The summed E-state index contributed by atoms with van der Waals surface area (Å²) < 4.78 is 0. The molecular weight excluding hydrogens is 342 g/mol. The summed E-state index contributed by atoms with van der Waals surface area (Å²) in [7, 11) is 0. The Kier molecular flexibility index (Phi) is 30.0. The monoisotopic (exact) mass is 382 g/mol. The summed E-state index contributed by atoms with van der Waals surface area (Å²) in [5.41, 5.74) is 0. The first-order valence-corrected chi connectivity index (χ1v) is 9.44. The van der Waals surface area contributed by atoms with Gasteiger partial charge in [-0.25, -0.2) is 0 Å². The average Bonchev–Trinajstić information content (AvgIpc) is 3.07. The van der Waals surface area contributed by atoms with Crippen molar-refractivity contribution in [1.82, 2.24) is 16.0 Å². The molecule has 4 heteroatoms. The van der Waals surface area contributed by atoms with Gasteiger partial charge in [0.15, 0.2) is 0 Å². The third-order valence-corrected chi connectivity index (χ3v) is 3.05. The van der Waals surface area contributed by atoms with Crippen LogP contribution in [0.2, 0.25) is 0 Å². The molecule has 2 rings (SSSR count). The van der Waals surface area contributed by atoms with Crippen LogP contribution in [-0.4, -0.2) is 39.3 Å². The zero-order valence-electron chi connectivity index (χ0n) is 17.3. The van der Waals surface area contributed by atoms with Crippen LogP contribution in [0.4, 0.5) is 0 Å². The van der Waals surface area contributed by atoms with Crippen molar-refractivity contribution < 1.29 is 21.7 Å². The van der Waals surface area contributed by atoms with Gasteiger partial charge in [0, 0.05) is 21.7 Å². The second-order valence-corrected chi connectivity index (χ2v) is 5.03. The first-order valence-electron chi connectivity index (χ1n) is 9.44. The Bertz CT molecular complexity index is 393. The van der Waals surface area contributed by atoms with Crippen LogP contribution >= 0.6 is 0 Å². The van der Waals surface area contributed by atoms with Gasteiger partial charge in [0.05, 0.1) is 0 Å². The molecule has 3 N–H and O–H groups in total. The van der Waals surface area contributed by atoms with Gasteiger partial charge in [-0.05, 0) is 39.3 Å². The zero-order valence-corrected chi connectivity index (χ0v) is 18.8. The second kappa shape index (κ2) is 25.7. The molecule has 0 aliphatic carbocycles. The molecular formula is C21H40N3Ti-. The van der Waals surface area contributed by atoms with Gasteiger partial charge in [-0.1, -0.05) is 47.6 Å². The Morgan fingerprint density at radius 3 is 1.36 bits per heavy atom. The Labute approximate surface area is 171 Å². The fourth-order valence-corrected chi connectivity index (χ4v) is 1.82. The van der Waals surface area contributed by atoms with Gasteiger partial charge in [-0.2, -0.15) is 17.5 Å². The minimum atomic E-state index is 0. The van der Waals surface area contributed by atoms with Crippen molar-refractivity contribution in [3.63, 3.8) is 0 Å². The van der Waals surface area contributed by atoms with Crippen molar-refractivity contribution in [2.24, 2.45) is 0 Å². The van der Waals surface area contributed by atoms with Crippen LogP contribution in [-0.2, 0) is 21.7 Å². The standard InChI is InChI=1S/C9H7.3C4H11N.Ti/c1-2-5-9-7-3-6-8(9)4-1;3*1-3-5-4-2;/h1-7H;3*5H,3-4H2,1-2H3;/q-1;;;;. The Hall–Kier alpha value is -0.576. The van der Waals surface area contributed by atoms with Crippen molar-refractivity contribution >= 4 is 10.8 Å². The summed E-state index contributed by atoms with van der Waals surface area (Å²) in [4.78, 5) is 0. The maximum atomic E-state index is 3.11. The quantitative estimate of drug-likeness (QED) is 0.512. The zero-order chi connectivity index (χ0) is 18.5. The van der Waals surface area contributed by atoms with E-state index in [9.17, 15) is 0 Å². The molecule has 0 atom stereocenters. The molecule has 2 aromatic carbocycles. The van der Waals surface area contributed by atoms with Crippen LogP contribution in [0, 0.1) is 0 Å². The van der Waals surface area contributed by atoms with E-state index in [-0.39, 0.29) is 21.7 Å². The van der Waals surface area contributed by atoms with E-state index in [0.29, 0.717) is 0 Å². The van der Waals surface area contributed by atoms with E-state index in [0.717, 1.165) is 39.3 Å². The Balaban J connectivity index is -0.000000269. The van der Waals surface area contributed by atoms with Gasteiger partial charge in [0.2, 0.25) is 0 Å². The van der Waals surface area contributed by atoms with Crippen LogP contribution < -0.4 is 16.0 Å². The number of hydrogen-bond donors (Lipinski definition) is 3. The summed E-state index contributed by atoms with van der Waals surface area (Å²) in [6.07, 6.45) is 0. The van der Waals surface area contributed by atoms with Crippen molar-refractivity contribution in [1.29, 1.82) is 0 Å². The molecule has 0 saturated heterocycles. The number of rotatable bonds is 6. The Morgan fingerprint density at radius 1 is 0.640 bits per heavy atom. The summed E-state index contributed by atoms with van der Waals surface area (Å²) in [5, 5.41) is 12.0. The van der Waals surface area contributed by atoms with E-state index >= 15 is 0 Å². The first-order chi connectivity index (χ1) is 11.7. The maximum absolute atomic E-state index is 3.11. The van der Waals surface area contributed by atoms with Crippen molar-refractivity contribution in [2.75, 3.05) is 39.3 Å². The molecule has 0 bridgehead atoms. The molecule has 0 amide bonds. The summed E-state index contributed by atoms with van der Waals surface area (Å²) >= 11 is 0. The predicted octanol–water partition coefficient (Wildman–Crippen LogP) is 4.40. The van der Waals surface area contributed by atoms with E-state index in [2.05, 4.69) is 100.0 Å².